The molecule has 0 unspecified atom stereocenters. The predicted molar refractivity (Wildman–Crippen MR) is 175 cm³/mol. The quantitative estimate of drug-likeness (QED) is 0.0955. The summed E-state index contributed by atoms with van der Waals surface area (Å²) < 4.78 is 4.25. The molecule has 234 valence electrons. The Labute approximate surface area is 257 Å². The minimum absolute atomic E-state index is 0.0130. The Kier molecular flexibility index (Phi) is 10.4. The zero-order valence-electron chi connectivity index (χ0n) is 25.7. The average Bonchev–Trinajstić information content (AvgIpc) is 3.61. The van der Waals surface area contributed by atoms with Gasteiger partial charge in [0.15, 0.2) is 11.6 Å². The number of nitrogens with two attached hydrogens (primary N) is 2. The van der Waals surface area contributed by atoms with Crippen LogP contribution in [0.1, 0.15) is 70.1 Å². The maximum atomic E-state index is 9.91. The van der Waals surface area contributed by atoms with E-state index in [1.54, 1.807) is 0 Å². The van der Waals surface area contributed by atoms with E-state index in [0.29, 0.717) is 12.4 Å². The van der Waals surface area contributed by atoms with Crippen LogP contribution in [0.4, 0.5) is 23.5 Å². The molecule has 5 aromatic rings. The molecule has 0 aliphatic heterocycles. The lowest BCUT2D eigenvalue weighted by Crippen LogP contribution is -2.25. The third-order valence-electron chi connectivity index (χ3n) is 7.75. The average molecular weight is 601 g/mol. The van der Waals surface area contributed by atoms with Gasteiger partial charge < -0.3 is 36.3 Å². The Bertz CT molecular complexity index is 1660. The summed E-state index contributed by atoms with van der Waals surface area (Å²) in [6, 6.07) is 5.91. The number of aryl methyl sites for hydroxylation is 2. The molecule has 5 rings (SSSR count). The number of aromatic nitrogens is 8. The van der Waals surface area contributed by atoms with Gasteiger partial charge in [0.25, 0.3) is 0 Å². The molecule has 0 radical (unpaired) electrons. The van der Waals surface area contributed by atoms with Crippen molar-refractivity contribution in [2.75, 3.05) is 35.3 Å². The molecule has 0 aliphatic carbocycles. The number of hydrogen-bond donors (Lipinski definition) is 5. The van der Waals surface area contributed by atoms with Gasteiger partial charge in [-0.15, -0.1) is 0 Å². The van der Waals surface area contributed by atoms with Gasteiger partial charge in [0.1, 0.15) is 11.0 Å². The van der Waals surface area contributed by atoms with Crippen LogP contribution in [0.5, 0.6) is 0 Å². The van der Waals surface area contributed by atoms with Gasteiger partial charge in [0, 0.05) is 25.5 Å². The number of aliphatic hydroxyl groups is 1. The largest absolute Gasteiger partial charge is 0.394 e. The Balaban J connectivity index is 1.21. The Morgan fingerprint density at radius 3 is 2.30 bits per heavy atom. The Morgan fingerprint density at radius 1 is 0.864 bits per heavy atom. The summed E-state index contributed by atoms with van der Waals surface area (Å²) in [5, 5.41) is 25.5. The molecule has 0 bridgehead atoms. The lowest BCUT2D eigenvalue weighted by Gasteiger charge is -2.18. The molecular weight excluding hydrogens is 556 g/mol. The molecule has 0 aromatic carbocycles. The number of anilines is 4. The summed E-state index contributed by atoms with van der Waals surface area (Å²) in [6.07, 6.45) is 13.8. The van der Waals surface area contributed by atoms with E-state index in [1.165, 1.54) is 0 Å². The number of unbranched alkanes of at least 4 members (excludes halogenated alkanes) is 3. The second-order valence-corrected chi connectivity index (χ2v) is 11.2. The molecule has 13 heteroatoms. The number of nitrogen functional groups attached to an aromatic ring is 2. The fraction of sp³-hybridized carbons (Fsp3) is 0.484. The third-order valence-corrected chi connectivity index (χ3v) is 7.75. The number of fused-ring (bicyclic) bond motifs is 2. The first-order chi connectivity index (χ1) is 21.5. The van der Waals surface area contributed by atoms with Crippen molar-refractivity contribution >= 4 is 45.6 Å². The molecule has 0 fully saturated rings. The fourth-order valence-corrected chi connectivity index (χ4v) is 5.48. The summed E-state index contributed by atoms with van der Waals surface area (Å²) in [5.41, 5.74) is 17.4. The van der Waals surface area contributed by atoms with Crippen molar-refractivity contribution < 1.29 is 5.11 Å². The molecule has 13 nitrogen and oxygen atoms in total. The van der Waals surface area contributed by atoms with Crippen LogP contribution in [0.3, 0.4) is 0 Å². The number of hydrogen-bond acceptors (Lipinski definition) is 11. The summed E-state index contributed by atoms with van der Waals surface area (Å²) >= 11 is 0. The van der Waals surface area contributed by atoms with Crippen LogP contribution in [-0.4, -0.2) is 63.6 Å². The monoisotopic (exact) mass is 600 g/mol. The van der Waals surface area contributed by atoms with Crippen LogP contribution in [0.25, 0.3) is 22.1 Å². The standard InChI is InChI=1S/C31H44N12O/c1-3-5-10-22(20-44)36-29-27-25(38-31(33)40-29)12-16-43(27)19-23-17-21(18-35-41-23)9-7-8-13-34-28-26-24(37-30(32)39-28)11-15-42(26)14-6-4-2/h11-12,15-18,22,44H,3-10,13-14,19-20H2,1-2H3,(H3,32,34,37,39)(H3,33,36,38,40)/t22-/m0/s1. The minimum atomic E-state index is -0.113. The summed E-state index contributed by atoms with van der Waals surface area (Å²) in [7, 11) is 0. The van der Waals surface area contributed by atoms with E-state index >= 15 is 0 Å². The maximum absolute atomic E-state index is 9.91. The van der Waals surface area contributed by atoms with E-state index in [1.807, 2.05) is 29.1 Å². The van der Waals surface area contributed by atoms with E-state index in [9.17, 15) is 5.11 Å². The SMILES string of the molecule is CCCC[C@@H](CO)Nc1nc(N)nc2ccn(Cc3cc(CCCCNc4nc(N)nc5ccn(CCCC)c45)cnn3)c12. The molecule has 44 heavy (non-hydrogen) atoms. The molecule has 7 N–H and O–H groups in total. The van der Waals surface area contributed by atoms with Gasteiger partial charge in [0.2, 0.25) is 11.9 Å². The van der Waals surface area contributed by atoms with Crippen LogP contribution in [0.15, 0.2) is 36.8 Å². The van der Waals surface area contributed by atoms with Gasteiger partial charge in [0.05, 0.1) is 42.1 Å². The van der Waals surface area contributed by atoms with Gasteiger partial charge in [-0.05, 0) is 55.9 Å². The van der Waals surface area contributed by atoms with E-state index in [4.69, 9.17) is 11.5 Å². The molecule has 0 saturated heterocycles. The zero-order chi connectivity index (χ0) is 30.9. The van der Waals surface area contributed by atoms with Gasteiger partial charge in [-0.3, -0.25) is 0 Å². The van der Waals surface area contributed by atoms with Gasteiger partial charge >= 0.3 is 0 Å². The zero-order valence-corrected chi connectivity index (χ0v) is 25.7. The first kappa shape index (κ1) is 30.9. The number of aliphatic hydroxyl groups excluding tert-OH is 1. The molecule has 0 saturated carbocycles. The second-order valence-electron chi connectivity index (χ2n) is 11.2. The van der Waals surface area contributed by atoms with Crippen molar-refractivity contribution in [3.63, 3.8) is 0 Å². The lowest BCUT2D eigenvalue weighted by molar-refractivity contribution is 0.267. The topological polar surface area (TPSA) is 184 Å². The van der Waals surface area contributed by atoms with Crippen molar-refractivity contribution in [1.29, 1.82) is 0 Å². The normalized spacial score (nSPS) is 12.2. The first-order valence-corrected chi connectivity index (χ1v) is 15.7. The summed E-state index contributed by atoms with van der Waals surface area (Å²) in [4.78, 5) is 17.8. The lowest BCUT2D eigenvalue weighted by atomic mass is 10.1. The molecular formula is C31H44N12O. The van der Waals surface area contributed by atoms with E-state index in [2.05, 4.69) is 71.4 Å². The molecule has 0 amide bonds. The van der Waals surface area contributed by atoms with E-state index < -0.39 is 0 Å². The molecule has 5 heterocycles. The highest BCUT2D eigenvalue weighted by Gasteiger charge is 2.16. The van der Waals surface area contributed by atoms with Crippen molar-refractivity contribution in [3.8, 4) is 0 Å². The van der Waals surface area contributed by atoms with E-state index in [-0.39, 0.29) is 24.5 Å². The number of rotatable bonds is 17. The third kappa shape index (κ3) is 7.51. The van der Waals surface area contributed by atoms with Crippen LogP contribution in [-0.2, 0) is 19.5 Å². The number of nitrogens with one attached hydrogen (secondary N) is 2. The minimum Gasteiger partial charge on any atom is -0.394 e. The second kappa shape index (κ2) is 14.8. The smallest absolute Gasteiger partial charge is 0.222 e. The van der Waals surface area contributed by atoms with Crippen LogP contribution >= 0.6 is 0 Å². The Hall–Kier alpha value is -4.52. The highest BCUT2D eigenvalue weighted by atomic mass is 16.3. The van der Waals surface area contributed by atoms with Gasteiger partial charge in [-0.25, -0.2) is 9.97 Å². The van der Waals surface area contributed by atoms with Crippen molar-refractivity contribution in [2.24, 2.45) is 0 Å². The van der Waals surface area contributed by atoms with Crippen LogP contribution in [0, 0.1) is 0 Å². The van der Waals surface area contributed by atoms with E-state index in [0.717, 1.165) is 104 Å². The highest BCUT2D eigenvalue weighted by molar-refractivity contribution is 5.88. The summed E-state index contributed by atoms with van der Waals surface area (Å²) in [5.74, 6) is 1.88. The molecule has 0 aliphatic rings. The summed E-state index contributed by atoms with van der Waals surface area (Å²) in [6.45, 7) is 6.55. The molecule has 1 atom stereocenters. The number of nitrogens with zero attached hydrogens (tertiary/aromatic N) is 8. The maximum Gasteiger partial charge on any atom is 0.222 e. The van der Waals surface area contributed by atoms with Crippen molar-refractivity contribution in [1.82, 2.24) is 39.3 Å². The highest BCUT2D eigenvalue weighted by Crippen LogP contribution is 2.26. The van der Waals surface area contributed by atoms with Crippen LogP contribution in [0.2, 0.25) is 0 Å². The fourth-order valence-electron chi connectivity index (χ4n) is 5.48. The van der Waals surface area contributed by atoms with Gasteiger partial charge in [-0.2, -0.15) is 20.2 Å². The van der Waals surface area contributed by atoms with Crippen molar-refractivity contribution in [2.45, 2.75) is 84.3 Å². The molecule has 5 aromatic heterocycles. The predicted octanol–water partition coefficient (Wildman–Crippen LogP) is 4.38. The first-order valence-electron chi connectivity index (χ1n) is 15.7. The van der Waals surface area contributed by atoms with Crippen molar-refractivity contribution in [3.05, 3.63) is 48.0 Å². The molecule has 0 spiro atoms. The van der Waals surface area contributed by atoms with Gasteiger partial charge in [-0.1, -0.05) is 33.1 Å². The Morgan fingerprint density at radius 2 is 1.57 bits per heavy atom. The van der Waals surface area contributed by atoms with Crippen LogP contribution < -0.4 is 22.1 Å².